The van der Waals surface area contributed by atoms with Crippen LogP contribution in [0.15, 0.2) is 70.8 Å². The van der Waals surface area contributed by atoms with Crippen molar-refractivity contribution in [3.05, 3.63) is 76.3 Å². The number of thiophene rings is 1. The summed E-state index contributed by atoms with van der Waals surface area (Å²) in [6.07, 6.45) is 2.25. The molecular formula is C27H28N2O5S. The third-order valence-corrected chi connectivity index (χ3v) is 6.51. The minimum absolute atomic E-state index is 0.0571. The molecule has 1 aliphatic heterocycles. The average Bonchev–Trinajstić information content (AvgIpc) is 3.49. The maximum atomic E-state index is 13.3. The molecule has 0 spiro atoms. The highest BCUT2D eigenvalue weighted by molar-refractivity contribution is 7.08. The van der Waals surface area contributed by atoms with Gasteiger partial charge >= 0.3 is 0 Å². The second-order valence-electron chi connectivity index (χ2n) is 8.51. The summed E-state index contributed by atoms with van der Waals surface area (Å²) in [5, 5.41) is 14.9. The Balaban J connectivity index is 1.77. The van der Waals surface area contributed by atoms with Gasteiger partial charge in [-0.3, -0.25) is 14.5 Å². The summed E-state index contributed by atoms with van der Waals surface area (Å²) in [6, 6.07) is 12.2. The fourth-order valence-corrected chi connectivity index (χ4v) is 4.74. The largest absolute Gasteiger partial charge is 0.503 e. The topological polar surface area (TPSA) is 89.0 Å². The first-order valence-electron chi connectivity index (χ1n) is 11.4. The van der Waals surface area contributed by atoms with Crippen LogP contribution in [0.2, 0.25) is 0 Å². The van der Waals surface area contributed by atoms with Crippen molar-refractivity contribution in [2.24, 2.45) is 5.92 Å². The first-order chi connectivity index (χ1) is 16.9. The summed E-state index contributed by atoms with van der Waals surface area (Å²) in [5.41, 5.74) is 3.25. The van der Waals surface area contributed by atoms with E-state index in [4.69, 9.17) is 9.47 Å². The molecule has 0 bridgehead atoms. The number of hydrogen-bond donors (Lipinski definition) is 1. The number of ketones is 1. The van der Waals surface area contributed by atoms with Crippen LogP contribution in [0.25, 0.3) is 11.1 Å². The molecule has 0 saturated carbocycles. The number of aromatic nitrogens is 1. The van der Waals surface area contributed by atoms with E-state index < -0.39 is 23.6 Å². The molecule has 0 saturated heterocycles. The highest BCUT2D eigenvalue weighted by Gasteiger charge is 2.46. The molecule has 1 N–H and O–H groups in total. The zero-order chi connectivity index (χ0) is 24.9. The van der Waals surface area contributed by atoms with Gasteiger partial charge in [-0.25, -0.2) is 4.98 Å². The van der Waals surface area contributed by atoms with E-state index in [1.165, 1.54) is 4.90 Å². The van der Waals surface area contributed by atoms with Crippen LogP contribution in [-0.2, 0) is 14.3 Å². The number of nitrogens with zero attached hydrogens (tertiary/aromatic N) is 2. The number of carbonyl (C=O) groups excluding carboxylic acids is 2. The van der Waals surface area contributed by atoms with Gasteiger partial charge in [-0.1, -0.05) is 26.0 Å². The summed E-state index contributed by atoms with van der Waals surface area (Å²) in [6.45, 7) is 4.38. The fourth-order valence-electron chi connectivity index (χ4n) is 4.08. The lowest BCUT2D eigenvalue weighted by Gasteiger charge is -2.28. The van der Waals surface area contributed by atoms with Crippen LogP contribution < -0.4 is 9.64 Å². The predicted octanol–water partition coefficient (Wildman–Crippen LogP) is 5.35. The summed E-state index contributed by atoms with van der Waals surface area (Å²) in [4.78, 5) is 32.4. The van der Waals surface area contributed by atoms with E-state index in [0.717, 1.165) is 11.1 Å². The number of methoxy groups -OCH3 is 1. The summed E-state index contributed by atoms with van der Waals surface area (Å²) in [7, 11) is 1.62. The molecule has 3 heterocycles. The summed E-state index contributed by atoms with van der Waals surface area (Å²) < 4.78 is 11.0. The predicted molar refractivity (Wildman–Crippen MR) is 136 cm³/mol. The number of benzene rings is 1. The van der Waals surface area contributed by atoms with Gasteiger partial charge in [-0.15, -0.1) is 0 Å². The second kappa shape index (κ2) is 10.8. The van der Waals surface area contributed by atoms with Gasteiger partial charge in [0, 0.05) is 43.5 Å². The maximum absolute atomic E-state index is 13.3. The maximum Gasteiger partial charge on any atom is 0.294 e. The third kappa shape index (κ3) is 4.99. The van der Waals surface area contributed by atoms with Crippen molar-refractivity contribution in [3.8, 4) is 17.0 Å². The summed E-state index contributed by atoms with van der Waals surface area (Å²) >= 11 is 1.61. The van der Waals surface area contributed by atoms with Gasteiger partial charge in [0.05, 0.1) is 12.2 Å². The highest BCUT2D eigenvalue weighted by atomic mass is 32.1. The van der Waals surface area contributed by atoms with E-state index in [1.807, 2.05) is 35.7 Å². The van der Waals surface area contributed by atoms with E-state index in [2.05, 4.69) is 10.4 Å². The highest BCUT2D eigenvalue weighted by Crippen LogP contribution is 2.44. The van der Waals surface area contributed by atoms with Gasteiger partial charge in [-0.05, 0) is 52.2 Å². The molecule has 1 amide bonds. The molecule has 3 aromatic rings. The van der Waals surface area contributed by atoms with E-state index in [9.17, 15) is 14.7 Å². The molecule has 2 aromatic heterocycles. The Morgan fingerprint density at radius 3 is 2.57 bits per heavy atom. The van der Waals surface area contributed by atoms with Crippen molar-refractivity contribution >= 4 is 28.7 Å². The number of amides is 1. The minimum Gasteiger partial charge on any atom is -0.503 e. The molecular weight excluding hydrogens is 464 g/mol. The number of hydrogen-bond acceptors (Lipinski definition) is 7. The number of aliphatic hydroxyl groups excluding tert-OH is 1. The second-order valence-corrected chi connectivity index (χ2v) is 9.29. The number of anilines is 1. The van der Waals surface area contributed by atoms with Crippen LogP contribution in [0.1, 0.15) is 31.9 Å². The van der Waals surface area contributed by atoms with E-state index in [-0.39, 0.29) is 11.4 Å². The Kier molecular flexibility index (Phi) is 7.63. The van der Waals surface area contributed by atoms with Crippen molar-refractivity contribution < 1.29 is 24.2 Å². The number of carbonyl (C=O) groups is 2. The van der Waals surface area contributed by atoms with E-state index >= 15 is 0 Å². The van der Waals surface area contributed by atoms with Gasteiger partial charge in [-0.2, -0.15) is 11.3 Å². The standard InChI is InChI=1S/C27H28N2O5S/c1-17(2)24(30)22-23(21-6-4-12-28-26(21)34-14-5-13-33-3)29(27(32)25(22)31)20-9-7-18(8-10-20)19-11-15-35-16-19/h4,6-12,15-17,23,31H,5,13-14H2,1-3H3. The molecule has 1 aromatic carbocycles. The molecule has 8 heteroatoms. The van der Waals surface area contributed by atoms with Crippen molar-refractivity contribution in [2.75, 3.05) is 25.2 Å². The molecule has 1 aliphatic rings. The van der Waals surface area contributed by atoms with Crippen LogP contribution in [0.3, 0.4) is 0 Å². The molecule has 0 radical (unpaired) electrons. The first-order valence-corrected chi connectivity index (χ1v) is 12.4. The number of aliphatic hydroxyl groups is 1. The van der Waals surface area contributed by atoms with Gasteiger partial charge in [0.1, 0.15) is 6.04 Å². The van der Waals surface area contributed by atoms with Gasteiger partial charge in [0.15, 0.2) is 11.5 Å². The monoisotopic (exact) mass is 492 g/mol. The van der Waals surface area contributed by atoms with Crippen LogP contribution >= 0.6 is 11.3 Å². The molecule has 0 aliphatic carbocycles. The molecule has 4 rings (SSSR count). The molecule has 0 fully saturated rings. The lowest BCUT2D eigenvalue weighted by atomic mass is 9.91. The number of ether oxygens (including phenoxy) is 2. The van der Waals surface area contributed by atoms with Crippen LogP contribution in [0, 0.1) is 5.92 Å². The van der Waals surface area contributed by atoms with E-state index in [0.29, 0.717) is 36.8 Å². The first kappa shape index (κ1) is 24.6. The molecule has 35 heavy (non-hydrogen) atoms. The van der Waals surface area contributed by atoms with Crippen molar-refractivity contribution in [2.45, 2.75) is 26.3 Å². The van der Waals surface area contributed by atoms with Crippen molar-refractivity contribution in [1.29, 1.82) is 0 Å². The number of rotatable bonds is 10. The number of pyridine rings is 1. The lowest BCUT2D eigenvalue weighted by Crippen LogP contribution is -2.32. The number of Topliss-reactive ketones (excluding diaryl/α,β-unsaturated/α-hetero) is 1. The van der Waals surface area contributed by atoms with Crippen LogP contribution in [0.4, 0.5) is 5.69 Å². The Hall–Kier alpha value is -3.49. The molecule has 1 atom stereocenters. The quantitative estimate of drug-likeness (QED) is 0.384. The fraction of sp³-hybridized carbons (Fsp3) is 0.296. The Labute approximate surface area is 208 Å². The Bertz CT molecular complexity index is 1220. The smallest absolute Gasteiger partial charge is 0.294 e. The van der Waals surface area contributed by atoms with Crippen LogP contribution in [-0.4, -0.2) is 42.1 Å². The lowest BCUT2D eigenvalue weighted by molar-refractivity contribution is -0.119. The summed E-state index contributed by atoms with van der Waals surface area (Å²) in [5.74, 6) is -1.56. The van der Waals surface area contributed by atoms with Crippen molar-refractivity contribution in [3.63, 3.8) is 0 Å². The van der Waals surface area contributed by atoms with Crippen molar-refractivity contribution in [1.82, 2.24) is 4.98 Å². The average molecular weight is 493 g/mol. The minimum atomic E-state index is -0.865. The Morgan fingerprint density at radius 2 is 1.91 bits per heavy atom. The van der Waals surface area contributed by atoms with Gasteiger partial charge in [0.25, 0.3) is 5.91 Å². The van der Waals surface area contributed by atoms with Gasteiger partial charge in [0.2, 0.25) is 5.88 Å². The van der Waals surface area contributed by atoms with Crippen LogP contribution in [0.5, 0.6) is 5.88 Å². The zero-order valence-electron chi connectivity index (χ0n) is 19.9. The molecule has 1 unspecified atom stereocenters. The van der Waals surface area contributed by atoms with Gasteiger partial charge < -0.3 is 14.6 Å². The Morgan fingerprint density at radius 1 is 1.14 bits per heavy atom. The SMILES string of the molecule is COCCCOc1ncccc1C1C(C(=O)C(C)C)=C(O)C(=O)N1c1ccc(-c2ccsc2)cc1. The molecule has 7 nitrogen and oxygen atoms in total. The molecule has 182 valence electrons. The third-order valence-electron chi connectivity index (χ3n) is 5.82. The normalized spacial score (nSPS) is 15.8. The zero-order valence-corrected chi connectivity index (χ0v) is 20.7. The van der Waals surface area contributed by atoms with E-state index in [1.54, 1.807) is 50.6 Å².